The Bertz CT molecular complexity index is 1090. The average Bonchev–Trinajstić information content (AvgIpc) is 3.12. The molecule has 5 rings (SSSR count). The molecule has 2 heterocycles. The molecule has 1 aromatic heterocycles. The summed E-state index contributed by atoms with van der Waals surface area (Å²) in [4.78, 5) is 14.5. The number of aryl methyl sites for hydroxylation is 1. The lowest BCUT2D eigenvalue weighted by molar-refractivity contribution is 1.06. The van der Waals surface area contributed by atoms with Gasteiger partial charge in [-0.2, -0.15) is 0 Å². The van der Waals surface area contributed by atoms with Gasteiger partial charge in [0.25, 0.3) is 0 Å². The third-order valence-electron chi connectivity index (χ3n) is 4.60. The molecular formula is C22H17N3S. The highest BCUT2D eigenvalue weighted by molar-refractivity contribution is 8.00. The Labute approximate surface area is 156 Å². The van der Waals surface area contributed by atoms with Gasteiger partial charge in [0.15, 0.2) is 0 Å². The van der Waals surface area contributed by atoms with Crippen LogP contribution in [-0.4, -0.2) is 15.7 Å². The molecule has 0 amide bonds. The zero-order valence-electron chi connectivity index (χ0n) is 14.3. The first kappa shape index (κ1) is 15.4. The van der Waals surface area contributed by atoms with E-state index in [-0.39, 0.29) is 5.25 Å². The number of aromatic amines is 1. The zero-order chi connectivity index (χ0) is 17.5. The molecule has 1 N–H and O–H groups in total. The topological polar surface area (TPSA) is 41.0 Å². The van der Waals surface area contributed by atoms with Crippen molar-refractivity contribution in [3.8, 4) is 0 Å². The monoisotopic (exact) mass is 355 g/mol. The molecule has 0 radical (unpaired) electrons. The molecule has 0 saturated heterocycles. The van der Waals surface area contributed by atoms with Gasteiger partial charge in [-0.05, 0) is 36.8 Å². The van der Waals surface area contributed by atoms with Crippen LogP contribution in [0.3, 0.4) is 0 Å². The molecule has 0 bridgehead atoms. The summed E-state index contributed by atoms with van der Waals surface area (Å²) in [6, 6.07) is 25.0. The number of nitrogens with zero attached hydrogens (tertiary/aromatic N) is 2. The third kappa shape index (κ3) is 2.63. The lowest BCUT2D eigenvalue weighted by Crippen LogP contribution is -2.15. The second-order valence-electron chi connectivity index (χ2n) is 6.47. The van der Waals surface area contributed by atoms with Crippen molar-refractivity contribution in [3.05, 3.63) is 89.7 Å². The highest BCUT2D eigenvalue weighted by Crippen LogP contribution is 2.46. The van der Waals surface area contributed by atoms with E-state index in [2.05, 4.69) is 60.4 Å². The van der Waals surface area contributed by atoms with E-state index in [0.717, 1.165) is 33.8 Å². The molecule has 0 spiro atoms. The van der Waals surface area contributed by atoms with Crippen LogP contribution in [0.2, 0.25) is 0 Å². The van der Waals surface area contributed by atoms with Crippen LogP contribution in [0.4, 0.5) is 5.69 Å². The van der Waals surface area contributed by atoms with E-state index >= 15 is 0 Å². The summed E-state index contributed by atoms with van der Waals surface area (Å²) < 4.78 is 0. The fourth-order valence-electron chi connectivity index (χ4n) is 3.24. The molecule has 0 aliphatic carbocycles. The Kier molecular flexibility index (Phi) is 3.64. The smallest absolute Gasteiger partial charge is 0.126 e. The number of hydrogen-bond acceptors (Lipinski definition) is 3. The normalized spacial score (nSPS) is 16.3. The van der Waals surface area contributed by atoms with Crippen LogP contribution in [0.15, 0.2) is 82.7 Å². The Hall–Kier alpha value is -2.85. The lowest BCUT2D eigenvalue weighted by atomic mass is 10.0. The number of thioether (sulfide) groups is 1. The van der Waals surface area contributed by atoms with Crippen molar-refractivity contribution in [3.63, 3.8) is 0 Å². The highest BCUT2D eigenvalue weighted by atomic mass is 32.2. The van der Waals surface area contributed by atoms with Crippen LogP contribution >= 0.6 is 11.8 Å². The predicted molar refractivity (Wildman–Crippen MR) is 109 cm³/mol. The maximum absolute atomic E-state index is 5.01. The van der Waals surface area contributed by atoms with Gasteiger partial charge in [-0.3, -0.25) is 0 Å². The standard InChI is InChI=1S/C22H17N3S/c1-14-10-12-15(13-11-14)20-21(26-19-9-5-4-8-18(19)23-20)22-24-16-6-2-3-7-17(16)25-22/h2-13,21H,1H3,(H,24,25)/t21-/m1/s1. The van der Waals surface area contributed by atoms with E-state index in [0.29, 0.717) is 0 Å². The predicted octanol–water partition coefficient (Wildman–Crippen LogP) is 5.84. The minimum Gasteiger partial charge on any atom is -0.341 e. The third-order valence-corrected chi connectivity index (χ3v) is 5.88. The van der Waals surface area contributed by atoms with Gasteiger partial charge in [-0.15, -0.1) is 11.8 Å². The second-order valence-corrected chi connectivity index (χ2v) is 7.61. The molecule has 3 aromatic carbocycles. The minimum atomic E-state index is 0.0417. The summed E-state index contributed by atoms with van der Waals surface area (Å²) in [6.45, 7) is 2.10. The molecule has 0 unspecified atom stereocenters. The summed E-state index contributed by atoms with van der Waals surface area (Å²) in [6.07, 6.45) is 0. The Morgan fingerprint density at radius 3 is 2.50 bits per heavy atom. The first-order valence-corrected chi connectivity index (χ1v) is 9.52. The van der Waals surface area contributed by atoms with E-state index in [4.69, 9.17) is 9.98 Å². The number of aliphatic imine (C=N–C) groups is 1. The van der Waals surface area contributed by atoms with Gasteiger partial charge in [0, 0.05) is 4.90 Å². The number of hydrogen-bond donors (Lipinski definition) is 1. The maximum Gasteiger partial charge on any atom is 0.126 e. The van der Waals surface area contributed by atoms with Crippen LogP contribution in [0.1, 0.15) is 22.2 Å². The first-order valence-electron chi connectivity index (χ1n) is 8.64. The quantitative estimate of drug-likeness (QED) is 0.491. The van der Waals surface area contributed by atoms with Crippen molar-refractivity contribution < 1.29 is 0 Å². The summed E-state index contributed by atoms with van der Waals surface area (Å²) in [5.41, 5.74) is 6.52. The van der Waals surface area contributed by atoms with E-state index in [1.54, 1.807) is 0 Å². The van der Waals surface area contributed by atoms with Crippen molar-refractivity contribution in [2.24, 2.45) is 4.99 Å². The number of rotatable bonds is 2. The first-order chi connectivity index (χ1) is 12.8. The fraction of sp³-hybridized carbons (Fsp3) is 0.0909. The number of H-pyrrole nitrogens is 1. The molecule has 1 aliphatic heterocycles. The van der Waals surface area contributed by atoms with E-state index < -0.39 is 0 Å². The van der Waals surface area contributed by atoms with Gasteiger partial charge in [-0.1, -0.05) is 54.1 Å². The minimum absolute atomic E-state index is 0.0417. The van der Waals surface area contributed by atoms with Crippen LogP contribution in [-0.2, 0) is 0 Å². The van der Waals surface area contributed by atoms with Crippen LogP contribution < -0.4 is 0 Å². The zero-order valence-corrected chi connectivity index (χ0v) is 15.1. The molecule has 4 heteroatoms. The molecular weight excluding hydrogens is 338 g/mol. The van der Waals surface area contributed by atoms with Gasteiger partial charge in [0.05, 0.1) is 22.4 Å². The van der Waals surface area contributed by atoms with Gasteiger partial charge in [-0.25, -0.2) is 9.98 Å². The van der Waals surface area contributed by atoms with Gasteiger partial charge in [0.2, 0.25) is 0 Å². The fourth-order valence-corrected chi connectivity index (χ4v) is 4.41. The molecule has 4 aromatic rings. The molecule has 0 fully saturated rings. The SMILES string of the molecule is Cc1ccc(C2=Nc3ccccc3S[C@H]2c2nc3ccccc3[nH]2)cc1. The summed E-state index contributed by atoms with van der Waals surface area (Å²) in [7, 11) is 0. The average molecular weight is 355 g/mol. The van der Waals surface area contributed by atoms with Gasteiger partial charge in [0.1, 0.15) is 11.1 Å². The maximum atomic E-state index is 5.01. The van der Waals surface area contributed by atoms with Crippen molar-refractivity contribution >= 4 is 34.2 Å². The molecule has 3 nitrogen and oxygen atoms in total. The van der Waals surface area contributed by atoms with Crippen LogP contribution in [0.25, 0.3) is 11.0 Å². The Morgan fingerprint density at radius 2 is 1.65 bits per heavy atom. The molecule has 0 saturated carbocycles. The molecule has 26 heavy (non-hydrogen) atoms. The number of nitrogens with one attached hydrogen (secondary N) is 1. The van der Waals surface area contributed by atoms with E-state index in [1.165, 1.54) is 10.5 Å². The Morgan fingerprint density at radius 1 is 0.885 bits per heavy atom. The van der Waals surface area contributed by atoms with Crippen molar-refractivity contribution in [1.29, 1.82) is 0 Å². The van der Waals surface area contributed by atoms with Crippen molar-refractivity contribution in [2.45, 2.75) is 17.1 Å². The number of benzene rings is 3. The summed E-state index contributed by atoms with van der Waals surface area (Å²) in [5.74, 6) is 0.949. The lowest BCUT2D eigenvalue weighted by Gasteiger charge is -2.23. The van der Waals surface area contributed by atoms with Crippen LogP contribution in [0.5, 0.6) is 0 Å². The van der Waals surface area contributed by atoms with Crippen LogP contribution in [0, 0.1) is 6.92 Å². The number of imidazole rings is 1. The summed E-state index contributed by atoms with van der Waals surface area (Å²) in [5, 5.41) is 0.0417. The van der Waals surface area contributed by atoms with Crippen molar-refractivity contribution in [2.75, 3.05) is 0 Å². The number of para-hydroxylation sites is 3. The molecule has 126 valence electrons. The van der Waals surface area contributed by atoms with E-state index in [9.17, 15) is 0 Å². The number of fused-ring (bicyclic) bond motifs is 2. The van der Waals surface area contributed by atoms with Gasteiger partial charge < -0.3 is 4.98 Å². The number of aromatic nitrogens is 2. The van der Waals surface area contributed by atoms with Crippen molar-refractivity contribution in [1.82, 2.24) is 9.97 Å². The molecule has 1 atom stereocenters. The van der Waals surface area contributed by atoms with Gasteiger partial charge >= 0.3 is 0 Å². The van der Waals surface area contributed by atoms with E-state index in [1.807, 2.05) is 36.0 Å². The molecule has 1 aliphatic rings. The summed E-state index contributed by atoms with van der Waals surface area (Å²) >= 11 is 1.81. The second kappa shape index (κ2) is 6.15. The largest absolute Gasteiger partial charge is 0.341 e. The Balaban J connectivity index is 1.68. The highest BCUT2D eigenvalue weighted by Gasteiger charge is 2.29.